The second-order valence-corrected chi connectivity index (χ2v) is 6.34. The van der Waals surface area contributed by atoms with Gasteiger partial charge in [0.15, 0.2) is 0 Å². The van der Waals surface area contributed by atoms with Gasteiger partial charge in [0, 0.05) is 30.6 Å². The molecule has 1 fully saturated rings. The molecule has 24 heavy (non-hydrogen) atoms. The van der Waals surface area contributed by atoms with Gasteiger partial charge in [0.25, 0.3) is 5.91 Å². The summed E-state index contributed by atoms with van der Waals surface area (Å²) in [5.74, 6) is 0.904. The van der Waals surface area contributed by atoms with Gasteiger partial charge in [-0.1, -0.05) is 0 Å². The molecule has 3 heterocycles. The molecular weight excluding hydrogens is 302 g/mol. The van der Waals surface area contributed by atoms with Gasteiger partial charge in [-0.25, -0.2) is 9.97 Å². The molecule has 1 N–H and O–H groups in total. The summed E-state index contributed by atoms with van der Waals surface area (Å²) in [4.78, 5) is 27.6. The van der Waals surface area contributed by atoms with E-state index in [0.29, 0.717) is 24.0 Å². The van der Waals surface area contributed by atoms with Crippen molar-refractivity contribution in [1.29, 1.82) is 0 Å². The van der Waals surface area contributed by atoms with E-state index in [4.69, 9.17) is 0 Å². The number of carbonyl (C=O) groups is 1. The van der Waals surface area contributed by atoms with Crippen molar-refractivity contribution in [2.45, 2.75) is 32.2 Å². The molecule has 6 heteroatoms. The van der Waals surface area contributed by atoms with E-state index in [1.807, 2.05) is 25.1 Å². The quantitative estimate of drug-likeness (QED) is 0.930. The van der Waals surface area contributed by atoms with Crippen molar-refractivity contribution in [2.75, 3.05) is 20.1 Å². The Kier molecular flexibility index (Phi) is 5.15. The first-order chi connectivity index (χ1) is 11.6. The number of hydrogen-bond acceptors (Lipinski definition) is 5. The van der Waals surface area contributed by atoms with Crippen LogP contribution in [0.2, 0.25) is 0 Å². The van der Waals surface area contributed by atoms with Gasteiger partial charge in [-0.2, -0.15) is 0 Å². The van der Waals surface area contributed by atoms with Crippen molar-refractivity contribution in [3.8, 4) is 0 Å². The van der Waals surface area contributed by atoms with Gasteiger partial charge in [-0.15, -0.1) is 0 Å². The maximum Gasteiger partial charge on any atom is 0.270 e. The molecule has 0 aromatic carbocycles. The predicted molar refractivity (Wildman–Crippen MR) is 91.6 cm³/mol. The zero-order valence-corrected chi connectivity index (χ0v) is 14.2. The van der Waals surface area contributed by atoms with Crippen molar-refractivity contribution >= 4 is 5.91 Å². The first-order valence-corrected chi connectivity index (χ1v) is 8.33. The third-order valence-corrected chi connectivity index (χ3v) is 4.43. The van der Waals surface area contributed by atoms with Crippen LogP contribution in [0.1, 0.15) is 46.3 Å². The average molecular weight is 325 g/mol. The molecule has 1 amide bonds. The zero-order chi connectivity index (χ0) is 16.9. The molecule has 1 saturated heterocycles. The van der Waals surface area contributed by atoms with Crippen LogP contribution >= 0.6 is 0 Å². The number of aryl methyl sites for hydroxylation is 1. The molecule has 0 spiro atoms. The van der Waals surface area contributed by atoms with Crippen molar-refractivity contribution in [2.24, 2.45) is 0 Å². The SMILES string of the molecule is Cc1nc(C(=O)NCc2ccncc2)cc(C2CCN(C)CC2)n1. The molecule has 0 atom stereocenters. The Morgan fingerprint density at radius 3 is 2.67 bits per heavy atom. The Morgan fingerprint density at radius 1 is 1.25 bits per heavy atom. The van der Waals surface area contributed by atoms with Crippen LogP contribution in [0, 0.1) is 6.92 Å². The van der Waals surface area contributed by atoms with Gasteiger partial charge in [0.2, 0.25) is 0 Å². The van der Waals surface area contributed by atoms with Crippen LogP contribution in [0.15, 0.2) is 30.6 Å². The lowest BCUT2D eigenvalue weighted by molar-refractivity contribution is 0.0945. The van der Waals surface area contributed by atoms with Gasteiger partial charge in [-0.3, -0.25) is 9.78 Å². The molecule has 2 aromatic rings. The highest BCUT2D eigenvalue weighted by atomic mass is 16.1. The normalized spacial score (nSPS) is 16.1. The molecule has 0 radical (unpaired) electrons. The van der Waals surface area contributed by atoms with E-state index in [1.165, 1.54) is 0 Å². The number of likely N-dealkylation sites (tertiary alicyclic amines) is 1. The van der Waals surface area contributed by atoms with E-state index in [1.54, 1.807) is 12.4 Å². The number of nitrogens with zero attached hydrogens (tertiary/aromatic N) is 4. The summed E-state index contributed by atoms with van der Waals surface area (Å²) in [5, 5.41) is 2.91. The standard InChI is InChI=1S/C18H23N5O/c1-13-21-16(15-5-9-23(2)10-6-15)11-17(22-13)18(24)20-12-14-3-7-19-8-4-14/h3-4,7-8,11,15H,5-6,9-10,12H2,1-2H3,(H,20,24). The summed E-state index contributed by atoms with van der Waals surface area (Å²) in [6, 6.07) is 5.62. The van der Waals surface area contributed by atoms with E-state index < -0.39 is 0 Å². The van der Waals surface area contributed by atoms with E-state index in [9.17, 15) is 4.79 Å². The molecule has 126 valence electrons. The van der Waals surface area contributed by atoms with E-state index in [-0.39, 0.29) is 5.91 Å². The highest BCUT2D eigenvalue weighted by molar-refractivity contribution is 5.92. The van der Waals surface area contributed by atoms with E-state index in [0.717, 1.165) is 37.2 Å². The fourth-order valence-corrected chi connectivity index (χ4v) is 2.99. The third-order valence-electron chi connectivity index (χ3n) is 4.43. The molecule has 1 aliphatic heterocycles. The summed E-state index contributed by atoms with van der Waals surface area (Å²) < 4.78 is 0. The summed E-state index contributed by atoms with van der Waals surface area (Å²) in [6.45, 7) is 4.45. The van der Waals surface area contributed by atoms with Crippen LogP contribution in [0.5, 0.6) is 0 Å². The maximum absolute atomic E-state index is 12.4. The van der Waals surface area contributed by atoms with Gasteiger partial charge in [0.1, 0.15) is 11.5 Å². The van der Waals surface area contributed by atoms with Crippen LogP contribution in [-0.4, -0.2) is 45.9 Å². The fraction of sp³-hybridized carbons (Fsp3) is 0.444. The number of carbonyl (C=O) groups excluding carboxylic acids is 1. The van der Waals surface area contributed by atoms with Gasteiger partial charge < -0.3 is 10.2 Å². The average Bonchev–Trinajstić information content (AvgIpc) is 2.60. The highest BCUT2D eigenvalue weighted by Gasteiger charge is 2.21. The molecule has 1 aliphatic rings. The highest BCUT2D eigenvalue weighted by Crippen LogP contribution is 2.26. The Morgan fingerprint density at radius 2 is 1.96 bits per heavy atom. The Balaban J connectivity index is 1.69. The third kappa shape index (κ3) is 4.14. The molecule has 0 unspecified atom stereocenters. The molecule has 0 aliphatic carbocycles. The van der Waals surface area contributed by atoms with Crippen molar-refractivity contribution in [3.05, 3.63) is 53.4 Å². The molecule has 3 rings (SSSR count). The fourth-order valence-electron chi connectivity index (χ4n) is 2.99. The minimum atomic E-state index is -0.161. The van der Waals surface area contributed by atoms with Crippen LogP contribution in [0.25, 0.3) is 0 Å². The van der Waals surface area contributed by atoms with Gasteiger partial charge >= 0.3 is 0 Å². The van der Waals surface area contributed by atoms with E-state index >= 15 is 0 Å². The van der Waals surface area contributed by atoms with Gasteiger partial charge in [0.05, 0.1) is 0 Å². The monoisotopic (exact) mass is 325 g/mol. The van der Waals surface area contributed by atoms with Crippen LogP contribution in [0.4, 0.5) is 0 Å². The van der Waals surface area contributed by atoms with Crippen LogP contribution < -0.4 is 5.32 Å². The number of pyridine rings is 1. The van der Waals surface area contributed by atoms with Gasteiger partial charge in [-0.05, 0) is 63.7 Å². The molecule has 2 aromatic heterocycles. The Hall–Kier alpha value is -2.34. The number of amides is 1. The minimum absolute atomic E-state index is 0.161. The predicted octanol–water partition coefficient (Wildman–Crippen LogP) is 1.92. The number of aromatic nitrogens is 3. The zero-order valence-electron chi connectivity index (χ0n) is 14.2. The summed E-state index contributed by atoms with van der Waals surface area (Å²) in [7, 11) is 2.14. The number of nitrogens with one attached hydrogen (secondary N) is 1. The summed E-state index contributed by atoms with van der Waals surface area (Å²) in [6.07, 6.45) is 5.58. The Labute approximate surface area is 142 Å². The van der Waals surface area contributed by atoms with Crippen molar-refractivity contribution in [1.82, 2.24) is 25.2 Å². The number of hydrogen-bond donors (Lipinski definition) is 1. The molecule has 0 bridgehead atoms. The number of rotatable bonds is 4. The maximum atomic E-state index is 12.4. The first-order valence-electron chi connectivity index (χ1n) is 8.33. The van der Waals surface area contributed by atoms with Crippen molar-refractivity contribution in [3.63, 3.8) is 0 Å². The minimum Gasteiger partial charge on any atom is -0.347 e. The lowest BCUT2D eigenvalue weighted by Crippen LogP contribution is -2.30. The topological polar surface area (TPSA) is 71.0 Å². The number of piperidine rings is 1. The smallest absolute Gasteiger partial charge is 0.270 e. The van der Waals surface area contributed by atoms with E-state index in [2.05, 4.69) is 32.2 Å². The second-order valence-electron chi connectivity index (χ2n) is 6.34. The lowest BCUT2D eigenvalue weighted by atomic mass is 9.93. The first kappa shape index (κ1) is 16.5. The summed E-state index contributed by atoms with van der Waals surface area (Å²) in [5.41, 5.74) is 2.45. The van der Waals surface area contributed by atoms with Crippen LogP contribution in [-0.2, 0) is 6.54 Å². The molecule has 6 nitrogen and oxygen atoms in total. The molecular formula is C18H23N5O. The second kappa shape index (κ2) is 7.49. The summed E-state index contributed by atoms with van der Waals surface area (Å²) >= 11 is 0. The largest absolute Gasteiger partial charge is 0.347 e. The Bertz CT molecular complexity index is 696. The van der Waals surface area contributed by atoms with Crippen LogP contribution in [0.3, 0.4) is 0 Å². The van der Waals surface area contributed by atoms with Crippen molar-refractivity contribution < 1.29 is 4.79 Å². The lowest BCUT2D eigenvalue weighted by Gasteiger charge is -2.28. The molecule has 0 saturated carbocycles.